The van der Waals surface area contributed by atoms with Gasteiger partial charge in [0, 0.05) is 12.1 Å². The van der Waals surface area contributed by atoms with E-state index in [1.165, 1.54) is 14.2 Å². The summed E-state index contributed by atoms with van der Waals surface area (Å²) in [7, 11) is 2.28. The molecule has 35 heavy (non-hydrogen) atoms. The number of benzene rings is 2. The van der Waals surface area contributed by atoms with Gasteiger partial charge in [0.05, 0.1) is 31.0 Å². The molecule has 2 aromatic rings. The van der Waals surface area contributed by atoms with Gasteiger partial charge in [0.2, 0.25) is 0 Å². The van der Waals surface area contributed by atoms with Crippen LogP contribution in [0.15, 0.2) is 47.9 Å². The Morgan fingerprint density at radius 2 is 1.57 bits per heavy atom. The van der Waals surface area contributed by atoms with Gasteiger partial charge in [0.25, 0.3) is 0 Å². The maximum Gasteiger partial charge on any atom is 0.492 e. The molecular weight excluding hydrogens is 449 g/mol. The highest BCUT2D eigenvalue weighted by molar-refractivity contribution is 6.56. The van der Waals surface area contributed by atoms with Gasteiger partial charge in [-0.25, -0.2) is 4.79 Å². The van der Waals surface area contributed by atoms with Crippen molar-refractivity contribution in [1.82, 2.24) is 5.32 Å². The Morgan fingerprint density at radius 1 is 1.00 bits per heavy atom. The second-order valence-electron chi connectivity index (χ2n) is 9.18. The van der Waals surface area contributed by atoms with Gasteiger partial charge in [0.15, 0.2) is 0 Å². The van der Waals surface area contributed by atoms with Crippen molar-refractivity contribution in [2.24, 2.45) is 0 Å². The van der Waals surface area contributed by atoms with Gasteiger partial charge in [-0.1, -0.05) is 30.3 Å². The van der Waals surface area contributed by atoms with E-state index in [2.05, 4.69) is 5.32 Å². The summed E-state index contributed by atoms with van der Waals surface area (Å²) in [5, 5.41) is 2.78. The average Bonchev–Trinajstić information content (AvgIpc) is 3.06. The highest BCUT2D eigenvalue weighted by atomic mass is 16.7. The van der Waals surface area contributed by atoms with Crippen LogP contribution >= 0.6 is 0 Å². The average molecular weight is 481 g/mol. The summed E-state index contributed by atoms with van der Waals surface area (Å²) in [5.74, 6) is 0.874. The number of hydrogen-bond acceptors (Lipinski definition) is 7. The van der Waals surface area contributed by atoms with Crippen LogP contribution in [0.2, 0.25) is 0 Å². The predicted octanol–water partition coefficient (Wildman–Crippen LogP) is 4.46. The van der Waals surface area contributed by atoms with E-state index in [0.717, 1.165) is 11.8 Å². The van der Waals surface area contributed by atoms with Gasteiger partial charge in [-0.05, 0) is 56.9 Å². The molecule has 1 aliphatic rings. The monoisotopic (exact) mass is 481 g/mol. The molecule has 0 unspecified atom stereocenters. The number of carbonyl (C=O) groups is 2. The number of aldehydes is 1. The van der Waals surface area contributed by atoms with Crippen molar-refractivity contribution in [3.63, 3.8) is 0 Å². The second-order valence-corrected chi connectivity index (χ2v) is 9.18. The smallest absolute Gasteiger partial charge is 0.492 e. The van der Waals surface area contributed by atoms with Crippen LogP contribution in [-0.2, 0) is 20.7 Å². The van der Waals surface area contributed by atoms with E-state index in [0.29, 0.717) is 28.1 Å². The maximum atomic E-state index is 12.4. The van der Waals surface area contributed by atoms with Gasteiger partial charge in [-0.2, -0.15) is 0 Å². The van der Waals surface area contributed by atoms with E-state index in [9.17, 15) is 9.59 Å². The first-order valence-electron chi connectivity index (χ1n) is 11.3. The number of rotatable bonds is 9. The molecule has 0 bridgehead atoms. The zero-order valence-electron chi connectivity index (χ0n) is 21.0. The van der Waals surface area contributed by atoms with Crippen molar-refractivity contribution in [3.05, 3.63) is 64.6 Å². The standard InChI is InChI=1S/C26H32BNO7/c1-25(2)26(3,4)35-27(34-25)20(15-28-24(30)33-17-18-10-8-7-9-11-18)14-21-22(31-5)12-19(16-29)13-23(21)32-6/h7-14,16H,15,17H2,1-6H3,(H,28,30). The topological polar surface area (TPSA) is 92.3 Å². The fourth-order valence-electron chi connectivity index (χ4n) is 3.50. The molecule has 0 radical (unpaired) electrons. The lowest BCUT2D eigenvalue weighted by Crippen LogP contribution is -2.41. The molecule has 9 heteroatoms. The Balaban J connectivity index is 1.89. The first-order valence-corrected chi connectivity index (χ1v) is 11.3. The van der Waals surface area contributed by atoms with E-state index in [-0.39, 0.29) is 13.2 Å². The highest BCUT2D eigenvalue weighted by Crippen LogP contribution is 2.40. The number of alkyl carbamates (subject to hydrolysis) is 1. The van der Waals surface area contributed by atoms with Crippen LogP contribution in [0, 0.1) is 0 Å². The van der Waals surface area contributed by atoms with Crippen LogP contribution in [-0.4, -0.2) is 51.5 Å². The summed E-state index contributed by atoms with van der Waals surface area (Å²) in [4.78, 5) is 23.8. The lowest BCUT2D eigenvalue weighted by atomic mass is 9.76. The zero-order chi connectivity index (χ0) is 25.6. The highest BCUT2D eigenvalue weighted by Gasteiger charge is 2.52. The van der Waals surface area contributed by atoms with E-state index in [1.54, 1.807) is 18.2 Å². The van der Waals surface area contributed by atoms with Crippen LogP contribution in [0.25, 0.3) is 6.08 Å². The molecule has 3 rings (SSSR count). The number of carbonyl (C=O) groups excluding carboxylic acids is 2. The summed E-state index contributed by atoms with van der Waals surface area (Å²) in [6.45, 7) is 8.04. The van der Waals surface area contributed by atoms with Crippen molar-refractivity contribution in [2.45, 2.75) is 45.5 Å². The molecule has 1 amide bonds. The van der Waals surface area contributed by atoms with Gasteiger partial charge >= 0.3 is 13.2 Å². The normalized spacial score (nSPS) is 16.5. The fraction of sp³-hybridized carbons (Fsp3) is 0.385. The minimum absolute atomic E-state index is 0.0895. The molecule has 0 atom stereocenters. The van der Waals surface area contributed by atoms with Gasteiger partial charge < -0.3 is 28.8 Å². The van der Waals surface area contributed by atoms with Crippen LogP contribution in [0.1, 0.15) is 49.2 Å². The Hall–Kier alpha value is -3.30. The van der Waals surface area contributed by atoms with Gasteiger partial charge in [-0.15, -0.1) is 0 Å². The van der Waals surface area contributed by atoms with Crippen LogP contribution in [0.5, 0.6) is 11.5 Å². The predicted molar refractivity (Wildman–Crippen MR) is 134 cm³/mol. The van der Waals surface area contributed by atoms with Gasteiger partial charge in [0.1, 0.15) is 24.4 Å². The van der Waals surface area contributed by atoms with Crippen molar-refractivity contribution in [3.8, 4) is 11.5 Å². The largest absolute Gasteiger partial charge is 0.496 e. The lowest BCUT2D eigenvalue weighted by molar-refractivity contribution is 0.00578. The first kappa shape index (κ1) is 26.3. The summed E-state index contributed by atoms with van der Waals surface area (Å²) < 4.78 is 28.8. The molecule has 8 nitrogen and oxygen atoms in total. The molecule has 0 saturated carbocycles. The van der Waals surface area contributed by atoms with Crippen molar-refractivity contribution >= 4 is 25.6 Å². The molecular formula is C26H32BNO7. The third-order valence-electron chi connectivity index (χ3n) is 6.24. The Morgan fingerprint density at radius 3 is 2.09 bits per heavy atom. The van der Waals surface area contributed by atoms with Crippen molar-refractivity contribution in [1.29, 1.82) is 0 Å². The molecule has 1 heterocycles. The Bertz CT molecular complexity index is 1040. The molecule has 1 N–H and O–H groups in total. The fourth-order valence-corrected chi connectivity index (χ4v) is 3.50. The Kier molecular flexibility index (Phi) is 8.24. The quantitative estimate of drug-likeness (QED) is 0.418. The number of methoxy groups -OCH3 is 2. The molecule has 0 spiro atoms. The molecule has 1 fully saturated rings. The van der Waals surface area contributed by atoms with Crippen LogP contribution < -0.4 is 14.8 Å². The Labute approximate surface area is 206 Å². The van der Waals surface area contributed by atoms with E-state index in [4.69, 9.17) is 23.5 Å². The third-order valence-corrected chi connectivity index (χ3v) is 6.24. The molecule has 0 aliphatic carbocycles. The first-order chi connectivity index (χ1) is 16.6. The molecule has 1 saturated heterocycles. The molecule has 1 aliphatic heterocycles. The van der Waals surface area contributed by atoms with Gasteiger partial charge in [-0.3, -0.25) is 4.79 Å². The molecule has 186 valence electrons. The minimum atomic E-state index is -0.741. The van der Waals surface area contributed by atoms with E-state index < -0.39 is 24.4 Å². The number of hydrogen-bond donors (Lipinski definition) is 1. The summed E-state index contributed by atoms with van der Waals surface area (Å²) >= 11 is 0. The maximum absolute atomic E-state index is 12.4. The van der Waals surface area contributed by atoms with Crippen LogP contribution in [0.3, 0.4) is 0 Å². The third kappa shape index (κ3) is 6.23. The molecule has 2 aromatic carbocycles. The minimum Gasteiger partial charge on any atom is -0.496 e. The number of ether oxygens (including phenoxy) is 3. The van der Waals surface area contributed by atoms with Crippen molar-refractivity contribution < 1.29 is 33.1 Å². The summed E-state index contributed by atoms with van der Waals surface area (Å²) in [6.07, 6.45) is 1.93. The summed E-state index contributed by atoms with van der Waals surface area (Å²) in [6, 6.07) is 12.7. The van der Waals surface area contributed by atoms with E-state index in [1.807, 2.05) is 58.0 Å². The lowest BCUT2D eigenvalue weighted by Gasteiger charge is -2.32. The SMILES string of the molecule is COc1cc(C=O)cc(OC)c1C=C(CNC(=O)OCc1ccccc1)B1OC(C)(C)C(C)(C)O1. The van der Waals surface area contributed by atoms with E-state index >= 15 is 0 Å². The second kappa shape index (κ2) is 11.0. The number of amides is 1. The number of nitrogens with one attached hydrogen (secondary N) is 1. The summed E-state index contributed by atoms with van der Waals surface area (Å²) in [5.41, 5.74) is 1.34. The van der Waals surface area contributed by atoms with Crippen molar-refractivity contribution in [2.75, 3.05) is 20.8 Å². The molecule has 0 aromatic heterocycles. The van der Waals surface area contributed by atoms with Crippen LogP contribution in [0.4, 0.5) is 4.79 Å². The zero-order valence-corrected chi connectivity index (χ0v) is 21.0.